The van der Waals surface area contributed by atoms with Gasteiger partial charge in [-0.2, -0.15) is 0 Å². The molecule has 5 heteroatoms. The van der Waals surface area contributed by atoms with E-state index in [1.165, 1.54) is 12.1 Å². The molecule has 0 radical (unpaired) electrons. The molecular formula is C16H17FN2O2. The Morgan fingerprint density at radius 2 is 1.95 bits per heavy atom. The molecule has 0 bridgehead atoms. The van der Waals surface area contributed by atoms with Gasteiger partial charge in [-0.05, 0) is 42.8 Å². The second-order valence-electron chi connectivity index (χ2n) is 4.43. The van der Waals surface area contributed by atoms with Crippen molar-refractivity contribution in [2.24, 2.45) is 5.73 Å². The van der Waals surface area contributed by atoms with Crippen LogP contribution in [0.15, 0.2) is 42.5 Å². The largest absolute Gasteiger partial charge is 0.490 e. The molecule has 0 unspecified atom stereocenters. The highest BCUT2D eigenvalue weighted by molar-refractivity contribution is 5.95. The Kier molecular flexibility index (Phi) is 4.77. The Labute approximate surface area is 122 Å². The number of nitrogen functional groups attached to an aromatic ring is 1. The summed E-state index contributed by atoms with van der Waals surface area (Å²) in [6.45, 7) is 2.56. The van der Waals surface area contributed by atoms with E-state index in [-0.39, 0.29) is 18.3 Å². The molecule has 0 aliphatic heterocycles. The third-order valence-corrected chi connectivity index (χ3v) is 2.84. The van der Waals surface area contributed by atoms with Crippen LogP contribution in [0.4, 0.5) is 4.39 Å². The molecule has 0 fully saturated rings. The van der Waals surface area contributed by atoms with E-state index in [1.807, 2.05) is 6.92 Å². The number of hydrogen-bond acceptors (Lipinski definition) is 3. The SMILES string of the molecule is CCOc1cc(C(=N)N)ccc1OCc1cccc(F)c1. The van der Waals surface area contributed by atoms with Gasteiger partial charge in [-0.15, -0.1) is 0 Å². The van der Waals surface area contributed by atoms with Gasteiger partial charge in [0.2, 0.25) is 0 Å². The first-order chi connectivity index (χ1) is 10.1. The van der Waals surface area contributed by atoms with E-state index in [4.69, 9.17) is 20.6 Å². The first kappa shape index (κ1) is 14.8. The van der Waals surface area contributed by atoms with Crippen LogP contribution >= 0.6 is 0 Å². The fourth-order valence-electron chi connectivity index (χ4n) is 1.85. The van der Waals surface area contributed by atoms with Crippen LogP contribution in [0.1, 0.15) is 18.1 Å². The van der Waals surface area contributed by atoms with E-state index < -0.39 is 0 Å². The third-order valence-electron chi connectivity index (χ3n) is 2.84. The molecule has 4 nitrogen and oxygen atoms in total. The third kappa shape index (κ3) is 3.95. The van der Waals surface area contributed by atoms with Gasteiger partial charge in [0.25, 0.3) is 0 Å². The van der Waals surface area contributed by atoms with Gasteiger partial charge in [0, 0.05) is 5.56 Å². The summed E-state index contributed by atoms with van der Waals surface area (Å²) < 4.78 is 24.3. The maximum absolute atomic E-state index is 13.1. The van der Waals surface area contributed by atoms with E-state index in [1.54, 1.807) is 30.3 Å². The predicted octanol–water partition coefficient (Wildman–Crippen LogP) is 3.09. The normalized spacial score (nSPS) is 10.2. The molecule has 0 heterocycles. The quantitative estimate of drug-likeness (QED) is 0.634. The molecule has 0 saturated heterocycles. The van der Waals surface area contributed by atoms with Crippen molar-refractivity contribution in [3.63, 3.8) is 0 Å². The van der Waals surface area contributed by atoms with Gasteiger partial charge in [0.05, 0.1) is 6.61 Å². The molecule has 0 spiro atoms. The monoisotopic (exact) mass is 288 g/mol. The number of nitrogens with two attached hydrogens (primary N) is 1. The van der Waals surface area contributed by atoms with Gasteiger partial charge >= 0.3 is 0 Å². The summed E-state index contributed by atoms with van der Waals surface area (Å²) in [7, 11) is 0. The van der Waals surface area contributed by atoms with Crippen LogP contribution in [-0.2, 0) is 6.61 Å². The van der Waals surface area contributed by atoms with Crippen molar-refractivity contribution in [2.75, 3.05) is 6.61 Å². The van der Waals surface area contributed by atoms with Gasteiger partial charge in [-0.1, -0.05) is 12.1 Å². The van der Waals surface area contributed by atoms with Crippen LogP contribution in [0.5, 0.6) is 11.5 Å². The van der Waals surface area contributed by atoms with Crippen molar-refractivity contribution in [1.29, 1.82) is 5.41 Å². The van der Waals surface area contributed by atoms with E-state index in [0.717, 1.165) is 5.56 Å². The second kappa shape index (κ2) is 6.74. The Bertz CT molecular complexity index is 644. The highest BCUT2D eigenvalue weighted by atomic mass is 19.1. The van der Waals surface area contributed by atoms with Crippen LogP contribution in [0, 0.1) is 11.2 Å². The minimum Gasteiger partial charge on any atom is -0.490 e. The molecule has 0 aliphatic rings. The van der Waals surface area contributed by atoms with Gasteiger partial charge in [-0.25, -0.2) is 4.39 Å². The average molecular weight is 288 g/mol. The van der Waals surface area contributed by atoms with Gasteiger partial charge in [-0.3, -0.25) is 5.41 Å². The van der Waals surface area contributed by atoms with E-state index in [9.17, 15) is 4.39 Å². The first-order valence-corrected chi connectivity index (χ1v) is 6.58. The van der Waals surface area contributed by atoms with Crippen LogP contribution < -0.4 is 15.2 Å². The maximum Gasteiger partial charge on any atom is 0.161 e. The Morgan fingerprint density at radius 1 is 1.14 bits per heavy atom. The molecule has 0 aromatic heterocycles. The molecule has 2 rings (SSSR count). The van der Waals surface area contributed by atoms with Crippen LogP contribution in [0.3, 0.4) is 0 Å². The molecular weight excluding hydrogens is 271 g/mol. The summed E-state index contributed by atoms with van der Waals surface area (Å²) in [4.78, 5) is 0. The highest BCUT2D eigenvalue weighted by Gasteiger charge is 2.08. The van der Waals surface area contributed by atoms with Gasteiger partial charge in [0.15, 0.2) is 11.5 Å². The van der Waals surface area contributed by atoms with Gasteiger partial charge < -0.3 is 15.2 Å². The summed E-state index contributed by atoms with van der Waals surface area (Å²) in [6, 6.07) is 11.3. The van der Waals surface area contributed by atoms with Crippen LogP contribution in [0.2, 0.25) is 0 Å². The summed E-state index contributed by atoms with van der Waals surface area (Å²) in [5, 5.41) is 7.43. The lowest BCUT2D eigenvalue weighted by molar-refractivity contribution is 0.269. The van der Waals surface area contributed by atoms with Crippen molar-refractivity contribution >= 4 is 5.84 Å². The maximum atomic E-state index is 13.1. The molecule has 0 atom stereocenters. The highest BCUT2D eigenvalue weighted by Crippen LogP contribution is 2.29. The number of amidine groups is 1. The fraction of sp³-hybridized carbons (Fsp3) is 0.188. The van der Waals surface area contributed by atoms with E-state index in [0.29, 0.717) is 23.7 Å². The smallest absolute Gasteiger partial charge is 0.161 e. The summed E-state index contributed by atoms with van der Waals surface area (Å²) in [6.07, 6.45) is 0. The number of ether oxygens (including phenoxy) is 2. The molecule has 0 amide bonds. The van der Waals surface area contributed by atoms with Crippen molar-refractivity contribution in [3.8, 4) is 11.5 Å². The molecule has 21 heavy (non-hydrogen) atoms. The lowest BCUT2D eigenvalue weighted by Crippen LogP contribution is -2.11. The fourth-order valence-corrected chi connectivity index (χ4v) is 1.85. The Balaban J connectivity index is 2.16. The number of hydrogen-bond donors (Lipinski definition) is 2. The van der Waals surface area contributed by atoms with Crippen LogP contribution in [-0.4, -0.2) is 12.4 Å². The topological polar surface area (TPSA) is 68.3 Å². The second-order valence-corrected chi connectivity index (χ2v) is 4.43. The predicted molar refractivity (Wildman–Crippen MR) is 79.4 cm³/mol. The van der Waals surface area contributed by atoms with Crippen molar-refractivity contribution in [3.05, 3.63) is 59.4 Å². The van der Waals surface area contributed by atoms with E-state index in [2.05, 4.69) is 0 Å². The van der Waals surface area contributed by atoms with Crippen molar-refractivity contribution in [2.45, 2.75) is 13.5 Å². The minimum atomic E-state index is -0.298. The number of benzene rings is 2. The standard InChI is InChI=1S/C16H17FN2O2/c1-2-20-15-9-12(16(18)19)6-7-14(15)21-10-11-4-3-5-13(17)8-11/h3-9H,2,10H2,1H3,(H3,18,19). The molecule has 3 N–H and O–H groups in total. The summed E-state index contributed by atoms with van der Waals surface area (Å²) >= 11 is 0. The molecule has 2 aromatic carbocycles. The zero-order valence-corrected chi connectivity index (χ0v) is 11.7. The van der Waals surface area contributed by atoms with E-state index >= 15 is 0 Å². The molecule has 0 saturated carbocycles. The molecule has 2 aromatic rings. The summed E-state index contributed by atoms with van der Waals surface area (Å²) in [5.74, 6) is 0.716. The zero-order valence-electron chi connectivity index (χ0n) is 11.7. The number of halogens is 1. The van der Waals surface area contributed by atoms with Gasteiger partial charge in [0.1, 0.15) is 18.3 Å². The zero-order chi connectivity index (χ0) is 15.2. The van der Waals surface area contributed by atoms with Crippen molar-refractivity contribution in [1.82, 2.24) is 0 Å². The average Bonchev–Trinajstić information content (AvgIpc) is 2.46. The Morgan fingerprint density at radius 3 is 2.62 bits per heavy atom. The minimum absolute atomic E-state index is 0.0346. The number of nitrogens with one attached hydrogen (secondary N) is 1. The van der Waals surface area contributed by atoms with Crippen molar-refractivity contribution < 1.29 is 13.9 Å². The number of rotatable bonds is 6. The Hall–Kier alpha value is -2.56. The lowest BCUT2D eigenvalue weighted by atomic mass is 10.2. The molecule has 110 valence electrons. The summed E-state index contributed by atoms with van der Waals surface area (Å²) in [5.41, 5.74) is 6.75. The first-order valence-electron chi connectivity index (χ1n) is 6.58. The lowest BCUT2D eigenvalue weighted by Gasteiger charge is -2.13. The van der Waals surface area contributed by atoms with Crippen LogP contribution in [0.25, 0.3) is 0 Å². The molecule has 0 aliphatic carbocycles.